The van der Waals surface area contributed by atoms with Crippen LogP contribution >= 0.6 is 0 Å². The number of halogens is 1. The molecule has 0 aromatic heterocycles. The molecule has 28 heavy (non-hydrogen) atoms. The number of terminal acetylenes is 1. The second-order valence-corrected chi connectivity index (χ2v) is 9.15. The van der Waals surface area contributed by atoms with E-state index in [-0.39, 0.29) is 28.2 Å². The number of benzene rings is 2. The molecule has 0 saturated heterocycles. The van der Waals surface area contributed by atoms with Gasteiger partial charge in [-0.05, 0) is 41.3 Å². The Hall–Kier alpha value is -2.69. The Morgan fingerprint density at radius 1 is 1.18 bits per heavy atom. The predicted molar refractivity (Wildman–Crippen MR) is 107 cm³/mol. The number of carbonyl (C=O) groups excluding carboxylic acids is 1. The Labute approximate surface area is 165 Å². The van der Waals surface area contributed by atoms with Crippen LogP contribution in [-0.4, -0.2) is 20.9 Å². The van der Waals surface area contributed by atoms with Gasteiger partial charge in [-0.1, -0.05) is 44.9 Å². The number of carbonyl (C=O) groups is 1. The van der Waals surface area contributed by atoms with Crippen LogP contribution in [0, 0.1) is 23.6 Å². The number of rotatable bonds is 6. The molecule has 0 aliphatic heterocycles. The summed E-state index contributed by atoms with van der Waals surface area (Å²) in [6, 6.07) is 11.2. The highest BCUT2D eigenvalue weighted by atomic mass is 32.2. The quantitative estimate of drug-likeness (QED) is 0.729. The summed E-state index contributed by atoms with van der Waals surface area (Å²) in [5.74, 6) is 1.41. The van der Waals surface area contributed by atoms with E-state index < -0.39 is 22.0 Å². The molecule has 5 nitrogen and oxygen atoms in total. The van der Waals surface area contributed by atoms with Crippen molar-refractivity contribution in [3.8, 4) is 12.3 Å². The average molecular weight is 402 g/mol. The Bertz CT molecular complexity index is 988. The average Bonchev–Trinajstić information content (AvgIpc) is 2.64. The van der Waals surface area contributed by atoms with Gasteiger partial charge in [-0.15, -0.1) is 6.42 Å². The molecule has 7 heteroatoms. The molecule has 2 aromatic rings. The van der Waals surface area contributed by atoms with E-state index in [0.717, 1.165) is 5.56 Å². The van der Waals surface area contributed by atoms with Gasteiger partial charge in [-0.25, -0.2) is 12.8 Å². The van der Waals surface area contributed by atoms with Crippen molar-refractivity contribution in [2.75, 3.05) is 6.54 Å². The molecular formula is C21H23FN2O3S. The normalized spacial score (nSPS) is 12.8. The van der Waals surface area contributed by atoms with Crippen LogP contribution in [0.1, 0.15) is 42.7 Å². The van der Waals surface area contributed by atoms with Crippen LogP contribution < -0.4 is 10.0 Å². The lowest BCUT2D eigenvalue weighted by Crippen LogP contribution is -2.36. The van der Waals surface area contributed by atoms with E-state index in [1.807, 2.05) is 20.8 Å². The van der Waals surface area contributed by atoms with Crippen molar-refractivity contribution in [1.82, 2.24) is 10.0 Å². The molecule has 0 spiro atoms. The standard InChI is InChI=1S/C21H23FN2O3S/c1-5-13-23-28(26,27)18-8-6-7-16(14-18)20(25)24-19(21(2,3)4)15-9-11-17(22)12-10-15/h1,6-12,14,19,23H,13H2,2-4H3,(H,24,25). The Balaban J connectivity index is 2.31. The minimum atomic E-state index is -3.81. The van der Waals surface area contributed by atoms with Gasteiger partial charge in [-0.2, -0.15) is 4.72 Å². The maximum absolute atomic E-state index is 13.3. The molecule has 0 fully saturated rings. The van der Waals surface area contributed by atoms with Crippen LogP contribution in [0.3, 0.4) is 0 Å². The third kappa shape index (κ3) is 5.41. The molecule has 0 radical (unpaired) electrons. The van der Waals surface area contributed by atoms with Crippen LogP contribution in [0.2, 0.25) is 0 Å². The van der Waals surface area contributed by atoms with E-state index >= 15 is 0 Å². The van der Waals surface area contributed by atoms with E-state index in [1.165, 1.54) is 36.4 Å². The van der Waals surface area contributed by atoms with Crippen molar-refractivity contribution >= 4 is 15.9 Å². The van der Waals surface area contributed by atoms with Gasteiger partial charge in [0, 0.05) is 5.56 Å². The topological polar surface area (TPSA) is 75.3 Å². The lowest BCUT2D eigenvalue weighted by atomic mass is 9.82. The van der Waals surface area contributed by atoms with Gasteiger partial charge >= 0.3 is 0 Å². The van der Waals surface area contributed by atoms with Crippen molar-refractivity contribution in [1.29, 1.82) is 0 Å². The predicted octanol–water partition coefficient (Wildman–Crippen LogP) is 3.25. The Morgan fingerprint density at radius 2 is 1.82 bits per heavy atom. The summed E-state index contributed by atoms with van der Waals surface area (Å²) in [6.45, 7) is 5.71. The summed E-state index contributed by atoms with van der Waals surface area (Å²) in [5, 5.41) is 2.92. The van der Waals surface area contributed by atoms with Crippen LogP contribution in [0.15, 0.2) is 53.4 Å². The first-order chi connectivity index (χ1) is 13.0. The first-order valence-electron chi connectivity index (χ1n) is 8.64. The van der Waals surface area contributed by atoms with Crippen molar-refractivity contribution in [2.24, 2.45) is 5.41 Å². The van der Waals surface area contributed by atoms with Gasteiger partial charge < -0.3 is 5.32 Å². The minimum absolute atomic E-state index is 0.0514. The van der Waals surface area contributed by atoms with Gasteiger partial charge in [0.05, 0.1) is 17.5 Å². The molecule has 0 aliphatic rings. The van der Waals surface area contributed by atoms with E-state index in [4.69, 9.17) is 6.42 Å². The highest BCUT2D eigenvalue weighted by Gasteiger charge is 2.28. The maximum Gasteiger partial charge on any atom is 0.251 e. The number of nitrogens with one attached hydrogen (secondary N) is 2. The zero-order valence-corrected chi connectivity index (χ0v) is 16.8. The number of hydrogen-bond donors (Lipinski definition) is 2. The third-order valence-electron chi connectivity index (χ3n) is 4.12. The van der Waals surface area contributed by atoms with Crippen molar-refractivity contribution in [3.63, 3.8) is 0 Å². The number of sulfonamides is 1. The molecule has 0 aliphatic carbocycles. The fourth-order valence-corrected chi connectivity index (χ4v) is 3.67. The maximum atomic E-state index is 13.3. The second kappa shape index (κ2) is 8.55. The molecule has 0 bridgehead atoms. The van der Waals surface area contributed by atoms with Crippen LogP contribution in [0.5, 0.6) is 0 Å². The fourth-order valence-electron chi connectivity index (χ4n) is 2.69. The zero-order chi connectivity index (χ0) is 20.9. The van der Waals surface area contributed by atoms with Gasteiger partial charge in [0.15, 0.2) is 0 Å². The lowest BCUT2D eigenvalue weighted by molar-refractivity contribution is 0.0901. The summed E-state index contributed by atoms with van der Waals surface area (Å²) >= 11 is 0. The Kier molecular flexibility index (Phi) is 6.60. The van der Waals surface area contributed by atoms with E-state index in [1.54, 1.807) is 12.1 Å². The monoisotopic (exact) mass is 402 g/mol. The minimum Gasteiger partial charge on any atom is -0.345 e. The van der Waals surface area contributed by atoms with E-state index in [9.17, 15) is 17.6 Å². The van der Waals surface area contributed by atoms with Gasteiger partial charge in [0.1, 0.15) is 5.82 Å². The summed E-state index contributed by atoms with van der Waals surface area (Å²) in [6.07, 6.45) is 5.09. The summed E-state index contributed by atoms with van der Waals surface area (Å²) in [4.78, 5) is 12.8. The third-order valence-corrected chi connectivity index (χ3v) is 5.51. The summed E-state index contributed by atoms with van der Waals surface area (Å²) in [5.41, 5.74) is 0.590. The molecule has 0 saturated carbocycles. The van der Waals surface area contributed by atoms with E-state index in [2.05, 4.69) is 16.0 Å². The van der Waals surface area contributed by atoms with Crippen LogP contribution in [-0.2, 0) is 10.0 Å². The summed E-state index contributed by atoms with van der Waals surface area (Å²) < 4.78 is 40.0. The molecule has 148 valence electrons. The van der Waals surface area contributed by atoms with Crippen molar-refractivity contribution in [3.05, 3.63) is 65.5 Å². The van der Waals surface area contributed by atoms with E-state index in [0.29, 0.717) is 0 Å². The van der Waals surface area contributed by atoms with Gasteiger partial charge in [0.25, 0.3) is 5.91 Å². The molecular weight excluding hydrogens is 379 g/mol. The largest absolute Gasteiger partial charge is 0.345 e. The first-order valence-corrected chi connectivity index (χ1v) is 10.1. The second-order valence-electron chi connectivity index (χ2n) is 7.38. The number of hydrogen-bond acceptors (Lipinski definition) is 3. The first kappa shape index (κ1) is 21.6. The molecule has 1 amide bonds. The SMILES string of the molecule is C#CCNS(=O)(=O)c1cccc(C(=O)NC(c2ccc(F)cc2)C(C)(C)C)c1. The molecule has 1 atom stereocenters. The van der Waals surface area contributed by atoms with Crippen molar-refractivity contribution < 1.29 is 17.6 Å². The molecule has 2 rings (SSSR count). The lowest BCUT2D eigenvalue weighted by Gasteiger charge is -2.32. The molecule has 0 heterocycles. The van der Waals surface area contributed by atoms with Crippen molar-refractivity contribution in [2.45, 2.75) is 31.7 Å². The number of amides is 1. The van der Waals surface area contributed by atoms with Gasteiger partial charge in [0.2, 0.25) is 10.0 Å². The van der Waals surface area contributed by atoms with Gasteiger partial charge in [-0.3, -0.25) is 4.79 Å². The highest BCUT2D eigenvalue weighted by molar-refractivity contribution is 7.89. The Morgan fingerprint density at radius 3 is 2.39 bits per heavy atom. The zero-order valence-electron chi connectivity index (χ0n) is 16.0. The summed E-state index contributed by atoms with van der Waals surface area (Å²) in [7, 11) is -3.81. The fraction of sp³-hybridized carbons (Fsp3) is 0.286. The highest BCUT2D eigenvalue weighted by Crippen LogP contribution is 2.33. The molecule has 2 N–H and O–H groups in total. The van der Waals surface area contributed by atoms with Crippen LogP contribution in [0.4, 0.5) is 4.39 Å². The smallest absolute Gasteiger partial charge is 0.251 e. The molecule has 1 unspecified atom stereocenters. The molecule has 2 aromatic carbocycles. The van der Waals surface area contributed by atoms with Crippen LogP contribution in [0.25, 0.3) is 0 Å².